The van der Waals surface area contributed by atoms with Gasteiger partial charge in [-0.15, -0.1) is 0 Å². The smallest absolute Gasteiger partial charge is 0.309 e. The Morgan fingerprint density at radius 2 is 1.81 bits per heavy atom. The molecule has 2 bridgehead atoms. The van der Waals surface area contributed by atoms with E-state index in [1.807, 2.05) is 6.92 Å². The molecule has 11 nitrogen and oxygen atoms in total. The first-order valence-corrected chi connectivity index (χ1v) is 12.3. The molecule has 2 amide bonds. The van der Waals surface area contributed by atoms with Crippen molar-refractivity contribution in [3.8, 4) is 0 Å². The standard InChI is InChI=1S/C25H28FN7O4/c1-14-11-16(3-4-17(14)26)13-27-20(34)18-12-19(33-23(29-18)30-31-32-33)21(35)28-15(2)24-5-8-25(9-6-24,10-7-24)22(36)37/h3-4,11-12,15H,5-10,13H2,1-2H3,(H,27,34)(H,28,35)(H,36,37). The summed E-state index contributed by atoms with van der Waals surface area (Å²) in [6.07, 6.45) is 4.00. The summed E-state index contributed by atoms with van der Waals surface area (Å²) < 4.78 is 14.7. The first-order valence-electron chi connectivity index (χ1n) is 12.3. The lowest BCUT2D eigenvalue weighted by molar-refractivity contribution is -0.159. The number of hydrogen-bond donors (Lipinski definition) is 3. The number of halogens is 1. The number of benzene rings is 1. The molecule has 3 aromatic rings. The monoisotopic (exact) mass is 509 g/mol. The Morgan fingerprint density at radius 1 is 1.11 bits per heavy atom. The lowest BCUT2D eigenvalue weighted by Crippen LogP contribution is -2.54. The third-order valence-electron chi connectivity index (χ3n) is 8.34. The van der Waals surface area contributed by atoms with E-state index in [4.69, 9.17) is 0 Å². The molecule has 0 aliphatic heterocycles. The van der Waals surface area contributed by atoms with Crippen LogP contribution in [0.5, 0.6) is 0 Å². The number of carboxylic acid groups (broad SMARTS) is 1. The van der Waals surface area contributed by atoms with Crippen LogP contribution in [0, 0.1) is 23.6 Å². The van der Waals surface area contributed by atoms with Crippen LogP contribution < -0.4 is 10.6 Å². The molecule has 3 N–H and O–H groups in total. The van der Waals surface area contributed by atoms with Gasteiger partial charge in [-0.2, -0.15) is 4.52 Å². The first-order chi connectivity index (χ1) is 17.6. The Balaban J connectivity index is 1.32. The maximum absolute atomic E-state index is 13.5. The number of carbonyl (C=O) groups is 3. The Hall–Kier alpha value is -3.96. The van der Waals surface area contributed by atoms with Gasteiger partial charge in [0.05, 0.1) is 5.41 Å². The fraction of sp³-hybridized carbons (Fsp3) is 0.480. The molecule has 0 saturated heterocycles. The predicted molar refractivity (Wildman–Crippen MR) is 128 cm³/mol. The van der Waals surface area contributed by atoms with Crippen LogP contribution in [0.4, 0.5) is 4.39 Å². The van der Waals surface area contributed by atoms with E-state index in [0.29, 0.717) is 24.8 Å². The second kappa shape index (κ2) is 9.16. The molecule has 0 radical (unpaired) electrons. The van der Waals surface area contributed by atoms with Crippen molar-refractivity contribution >= 4 is 23.6 Å². The van der Waals surface area contributed by atoms with E-state index in [-0.39, 0.29) is 41.0 Å². The number of nitrogens with one attached hydrogen (secondary N) is 2. The molecular weight excluding hydrogens is 481 g/mol. The molecular formula is C25H28FN7O4. The maximum Gasteiger partial charge on any atom is 0.309 e. The number of aryl methyl sites for hydroxylation is 1. The topological polar surface area (TPSA) is 151 Å². The number of amides is 2. The number of nitrogens with zero attached hydrogens (tertiary/aromatic N) is 5. The van der Waals surface area contributed by atoms with Gasteiger partial charge < -0.3 is 15.7 Å². The molecule has 194 valence electrons. The lowest BCUT2D eigenvalue weighted by Gasteiger charge is -2.54. The van der Waals surface area contributed by atoms with Crippen LogP contribution in [-0.4, -0.2) is 54.0 Å². The second-order valence-electron chi connectivity index (χ2n) is 10.3. The highest BCUT2D eigenvalue weighted by Gasteiger charge is 2.54. The van der Waals surface area contributed by atoms with Crippen molar-refractivity contribution in [3.63, 3.8) is 0 Å². The number of aromatic nitrogens is 5. The lowest BCUT2D eigenvalue weighted by atomic mass is 9.52. The van der Waals surface area contributed by atoms with Crippen molar-refractivity contribution in [3.05, 3.63) is 52.6 Å². The molecule has 3 saturated carbocycles. The normalized spacial score (nSPS) is 23.5. The largest absolute Gasteiger partial charge is 0.481 e. The van der Waals surface area contributed by atoms with E-state index in [1.165, 1.54) is 16.6 Å². The molecule has 0 spiro atoms. The SMILES string of the molecule is Cc1cc(CNC(=O)c2cc(C(=O)NC(C)C34CCC(C(=O)O)(CC3)CC4)n3nnnc3n2)ccc1F. The van der Waals surface area contributed by atoms with Gasteiger partial charge in [-0.1, -0.05) is 17.2 Å². The third kappa shape index (κ3) is 4.40. The van der Waals surface area contributed by atoms with Crippen molar-refractivity contribution in [2.24, 2.45) is 10.8 Å². The molecule has 2 heterocycles. The van der Waals surface area contributed by atoms with E-state index in [9.17, 15) is 23.9 Å². The van der Waals surface area contributed by atoms with Crippen LogP contribution in [0.1, 0.15) is 77.6 Å². The zero-order valence-corrected chi connectivity index (χ0v) is 20.6. The summed E-state index contributed by atoms with van der Waals surface area (Å²) in [5, 5.41) is 26.7. The molecule has 3 aliphatic rings. The van der Waals surface area contributed by atoms with Crippen LogP contribution in [0.3, 0.4) is 0 Å². The summed E-state index contributed by atoms with van der Waals surface area (Å²) in [4.78, 5) is 42.2. The minimum Gasteiger partial charge on any atom is -0.481 e. The van der Waals surface area contributed by atoms with Gasteiger partial charge >= 0.3 is 5.97 Å². The third-order valence-corrected chi connectivity index (χ3v) is 8.34. The molecule has 12 heteroatoms. The summed E-state index contributed by atoms with van der Waals surface area (Å²) in [5.41, 5.74) is 0.413. The van der Waals surface area contributed by atoms with E-state index in [2.05, 4.69) is 31.1 Å². The number of aliphatic carboxylic acids is 1. The molecule has 1 atom stereocenters. The summed E-state index contributed by atoms with van der Waals surface area (Å²) in [7, 11) is 0. The van der Waals surface area contributed by atoms with Crippen LogP contribution >= 0.6 is 0 Å². The fourth-order valence-electron chi connectivity index (χ4n) is 5.72. The Kier molecular flexibility index (Phi) is 6.12. The average molecular weight is 510 g/mol. The Morgan fingerprint density at radius 3 is 2.46 bits per heavy atom. The number of hydrogen-bond acceptors (Lipinski definition) is 7. The highest BCUT2D eigenvalue weighted by atomic mass is 19.1. The zero-order valence-electron chi connectivity index (χ0n) is 20.6. The summed E-state index contributed by atoms with van der Waals surface area (Å²) in [5.74, 6) is -2.03. The minimum atomic E-state index is -0.726. The number of rotatable bonds is 7. The van der Waals surface area contributed by atoms with Crippen molar-refractivity contribution in [1.82, 2.24) is 35.7 Å². The molecule has 6 rings (SSSR count). The molecule has 2 aromatic heterocycles. The fourth-order valence-corrected chi connectivity index (χ4v) is 5.72. The summed E-state index contributed by atoms with van der Waals surface area (Å²) >= 11 is 0. The maximum atomic E-state index is 13.5. The quantitative estimate of drug-likeness (QED) is 0.439. The molecule has 1 aromatic carbocycles. The van der Waals surface area contributed by atoms with E-state index in [0.717, 1.165) is 24.8 Å². The first kappa shape index (κ1) is 24.7. The van der Waals surface area contributed by atoms with E-state index >= 15 is 0 Å². The van der Waals surface area contributed by atoms with Gasteiger partial charge in [0.2, 0.25) is 0 Å². The van der Waals surface area contributed by atoms with Gasteiger partial charge in [-0.05, 0) is 85.4 Å². The van der Waals surface area contributed by atoms with E-state index in [1.54, 1.807) is 19.1 Å². The molecule has 3 fully saturated rings. The second-order valence-corrected chi connectivity index (χ2v) is 10.3. The number of tetrazole rings is 1. The molecule has 3 aliphatic carbocycles. The van der Waals surface area contributed by atoms with Crippen LogP contribution in [0.2, 0.25) is 0 Å². The van der Waals surface area contributed by atoms with Gasteiger partial charge in [-0.3, -0.25) is 14.4 Å². The number of carboxylic acids is 1. The number of fused-ring (bicyclic) bond motifs is 4. The summed E-state index contributed by atoms with van der Waals surface area (Å²) in [6.45, 7) is 3.73. The highest BCUT2D eigenvalue weighted by Crippen LogP contribution is 2.58. The highest BCUT2D eigenvalue weighted by molar-refractivity contribution is 5.98. The molecule has 37 heavy (non-hydrogen) atoms. The van der Waals surface area contributed by atoms with Crippen molar-refractivity contribution in [1.29, 1.82) is 0 Å². The Bertz CT molecular complexity index is 1380. The van der Waals surface area contributed by atoms with Crippen LogP contribution in [-0.2, 0) is 11.3 Å². The van der Waals surface area contributed by atoms with E-state index < -0.39 is 23.2 Å². The predicted octanol–water partition coefficient (Wildman–Crippen LogP) is 2.44. The van der Waals surface area contributed by atoms with Crippen LogP contribution in [0.15, 0.2) is 24.3 Å². The summed E-state index contributed by atoms with van der Waals surface area (Å²) in [6, 6.07) is 5.69. The van der Waals surface area contributed by atoms with Gasteiger partial charge in [0.1, 0.15) is 17.2 Å². The number of carbonyl (C=O) groups excluding carboxylic acids is 2. The minimum absolute atomic E-state index is 0.00261. The van der Waals surface area contributed by atoms with Gasteiger partial charge in [-0.25, -0.2) is 9.37 Å². The van der Waals surface area contributed by atoms with Crippen molar-refractivity contribution < 1.29 is 23.9 Å². The zero-order chi connectivity index (χ0) is 26.4. The molecule has 1 unspecified atom stereocenters. The van der Waals surface area contributed by atoms with Gasteiger partial charge in [0.15, 0.2) is 0 Å². The van der Waals surface area contributed by atoms with Gasteiger partial charge in [0, 0.05) is 18.7 Å². The average Bonchev–Trinajstić information content (AvgIpc) is 3.38. The van der Waals surface area contributed by atoms with Crippen molar-refractivity contribution in [2.75, 3.05) is 0 Å². The van der Waals surface area contributed by atoms with Crippen molar-refractivity contribution in [2.45, 2.75) is 65.0 Å². The Labute approximate surface area is 211 Å². The van der Waals surface area contributed by atoms with Crippen LogP contribution in [0.25, 0.3) is 5.78 Å². The van der Waals surface area contributed by atoms with Gasteiger partial charge in [0.25, 0.3) is 17.6 Å².